The van der Waals surface area contributed by atoms with Crippen LogP contribution in [0.4, 0.5) is 0 Å². The van der Waals surface area contributed by atoms with Crippen molar-refractivity contribution in [3.8, 4) is 0 Å². The molecule has 8 nitrogen and oxygen atoms in total. The van der Waals surface area contributed by atoms with Crippen LogP contribution in [0.3, 0.4) is 0 Å². The maximum absolute atomic E-state index is 11.1. The second-order valence-corrected chi connectivity index (χ2v) is 10.5. The van der Waals surface area contributed by atoms with Crippen LogP contribution in [0, 0.1) is 5.92 Å². The van der Waals surface area contributed by atoms with Crippen LogP contribution in [0.5, 0.6) is 0 Å². The van der Waals surface area contributed by atoms with Crippen molar-refractivity contribution >= 4 is 30.3 Å². The average Bonchev–Trinajstić information content (AvgIpc) is 2.45. The van der Waals surface area contributed by atoms with Gasteiger partial charge in [0.2, 0.25) is 0 Å². The van der Waals surface area contributed by atoms with Gasteiger partial charge in [0.25, 0.3) is 10.1 Å². The zero-order valence-corrected chi connectivity index (χ0v) is 17.6. The minimum Gasteiger partial charge on any atom is -0.324 e. The van der Waals surface area contributed by atoms with Crippen LogP contribution in [0.15, 0.2) is 0 Å². The van der Waals surface area contributed by atoms with Crippen molar-refractivity contribution < 1.29 is 27.3 Å². The lowest BCUT2D eigenvalue weighted by Crippen LogP contribution is -2.36. The molecule has 4 N–H and O–H groups in total. The molecular weight excluding hydrogens is 387 g/mol. The first-order chi connectivity index (χ1) is 11.5. The molecule has 0 aliphatic heterocycles. The van der Waals surface area contributed by atoms with E-state index in [9.17, 15) is 13.0 Å². The van der Waals surface area contributed by atoms with E-state index in [2.05, 4.69) is 22.8 Å². The molecular formula is C14H33N2O6PS2. The van der Waals surface area contributed by atoms with Gasteiger partial charge in [-0.2, -0.15) is 21.0 Å². The Morgan fingerprint density at radius 2 is 1.72 bits per heavy atom. The first-order valence-corrected chi connectivity index (χ1v) is 12.4. The van der Waals surface area contributed by atoms with Gasteiger partial charge in [-0.25, -0.2) is 0 Å². The fourth-order valence-corrected chi connectivity index (χ4v) is 3.87. The number of rotatable bonds is 15. The van der Waals surface area contributed by atoms with Crippen LogP contribution >= 0.6 is 20.2 Å². The maximum atomic E-state index is 11.1. The SMILES string of the molecule is CC(CCN(CCNCCCS)CCC(C)S(=O)(=O)O)CP(=O)(O)O. The summed E-state index contributed by atoms with van der Waals surface area (Å²) in [6, 6.07) is 0. The van der Waals surface area contributed by atoms with E-state index < -0.39 is 23.0 Å². The van der Waals surface area contributed by atoms with Crippen LogP contribution in [-0.4, -0.2) is 77.5 Å². The summed E-state index contributed by atoms with van der Waals surface area (Å²) in [5.74, 6) is 0.683. The molecule has 0 bridgehead atoms. The van der Waals surface area contributed by atoms with Gasteiger partial charge in [-0.15, -0.1) is 0 Å². The third-order valence-corrected chi connectivity index (χ3v) is 6.63. The second kappa shape index (κ2) is 12.7. The molecule has 0 saturated heterocycles. The summed E-state index contributed by atoms with van der Waals surface area (Å²) in [6.45, 7) is 6.67. The van der Waals surface area contributed by atoms with Crippen molar-refractivity contribution in [3.63, 3.8) is 0 Å². The van der Waals surface area contributed by atoms with Crippen LogP contribution in [0.25, 0.3) is 0 Å². The van der Waals surface area contributed by atoms with Gasteiger partial charge in [0.15, 0.2) is 0 Å². The van der Waals surface area contributed by atoms with Crippen molar-refractivity contribution in [2.75, 3.05) is 44.6 Å². The molecule has 0 fully saturated rings. The first-order valence-electron chi connectivity index (χ1n) is 8.50. The fourth-order valence-electron chi connectivity index (χ4n) is 2.32. The number of thiol groups is 1. The number of nitrogens with zero attached hydrogens (tertiary/aromatic N) is 1. The quantitative estimate of drug-likeness (QED) is 0.115. The van der Waals surface area contributed by atoms with Crippen molar-refractivity contribution in [1.82, 2.24) is 10.2 Å². The van der Waals surface area contributed by atoms with Crippen molar-refractivity contribution in [2.45, 2.75) is 38.4 Å². The Morgan fingerprint density at radius 3 is 2.24 bits per heavy atom. The van der Waals surface area contributed by atoms with Gasteiger partial charge in [0, 0.05) is 13.1 Å². The van der Waals surface area contributed by atoms with E-state index in [1.165, 1.54) is 6.92 Å². The third-order valence-electron chi connectivity index (χ3n) is 3.96. The molecule has 0 spiro atoms. The lowest BCUT2D eigenvalue weighted by Gasteiger charge is -2.25. The van der Waals surface area contributed by atoms with E-state index in [0.717, 1.165) is 25.3 Å². The summed E-state index contributed by atoms with van der Waals surface area (Å²) < 4.78 is 42.4. The Bertz CT molecular complexity index is 500. The number of hydrogen-bond acceptors (Lipinski definition) is 6. The predicted molar refractivity (Wildman–Crippen MR) is 104 cm³/mol. The molecule has 0 radical (unpaired) electrons. The minimum atomic E-state index is -4.04. The highest BCUT2D eigenvalue weighted by Crippen LogP contribution is 2.37. The van der Waals surface area contributed by atoms with Gasteiger partial charge < -0.3 is 20.0 Å². The Balaban J connectivity index is 4.43. The maximum Gasteiger partial charge on any atom is 0.325 e. The molecule has 0 heterocycles. The van der Waals surface area contributed by atoms with Crippen LogP contribution < -0.4 is 5.32 Å². The summed E-state index contributed by atoms with van der Waals surface area (Å²) in [4.78, 5) is 20.1. The zero-order valence-electron chi connectivity index (χ0n) is 15.0. The molecule has 0 amide bonds. The van der Waals surface area contributed by atoms with E-state index in [1.807, 2.05) is 0 Å². The number of hydrogen-bond donors (Lipinski definition) is 5. The third kappa shape index (κ3) is 15.1. The second-order valence-electron chi connectivity index (χ2n) is 6.52. The normalized spacial score (nSPS) is 15.5. The highest BCUT2D eigenvalue weighted by atomic mass is 32.2. The fraction of sp³-hybridized carbons (Fsp3) is 1.00. The summed E-state index contributed by atoms with van der Waals surface area (Å²) >= 11 is 4.14. The van der Waals surface area contributed by atoms with Gasteiger partial charge in [-0.05, 0) is 57.5 Å². The standard InChI is InChI=1S/C14H33N2O6PS2/c1-13(12-23(17,18)19)4-8-16(10-7-15-6-3-11-24)9-5-14(2)25(20,21)22/h13-15,24H,3-12H2,1-2H3,(H2,17,18,19)(H,20,21,22). The van der Waals surface area contributed by atoms with Crippen LogP contribution in [-0.2, 0) is 14.7 Å². The Kier molecular flexibility index (Phi) is 12.8. The van der Waals surface area contributed by atoms with E-state index >= 15 is 0 Å². The number of nitrogens with one attached hydrogen (secondary N) is 1. The highest BCUT2D eigenvalue weighted by Gasteiger charge is 2.21. The Hall–Kier alpha value is 0.330. The van der Waals surface area contributed by atoms with Gasteiger partial charge in [-0.3, -0.25) is 9.12 Å². The van der Waals surface area contributed by atoms with E-state index in [4.69, 9.17) is 14.3 Å². The molecule has 0 saturated carbocycles. The average molecular weight is 421 g/mol. The van der Waals surface area contributed by atoms with E-state index in [-0.39, 0.29) is 12.1 Å². The first kappa shape index (κ1) is 25.3. The summed E-state index contributed by atoms with van der Waals surface area (Å²) in [5, 5.41) is 2.44. The zero-order chi connectivity index (χ0) is 19.5. The Labute approximate surface area is 157 Å². The molecule has 0 aromatic rings. The molecule has 0 aliphatic carbocycles. The van der Waals surface area contributed by atoms with E-state index in [1.54, 1.807) is 6.92 Å². The highest BCUT2D eigenvalue weighted by molar-refractivity contribution is 7.86. The van der Waals surface area contributed by atoms with Crippen LogP contribution in [0.1, 0.15) is 33.1 Å². The van der Waals surface area contributed by atoms with Crippen molar-refractivity contribution in [3.05, 3.63) is 0 Å². The molecule has 25 heavy (non-hydrogen) atoms. The Morgan fingerprint density at radius 1 is 1.12 bits per heavy atom. The van der Waals surface area contributed by atoms with Gasteiger partial charge >= 0.3 is 7.60 Å². The lowest BCUT2D eigenvalue weighted by atomic mass is 10.1. The molecule has 2 unspecified atom stereocenters. The monoisotopic (exact) mass is 420 g/mol. The molecule has 11 heteroatoms. The van der Waals surface area contributed by atoms with Gasteiger partial charge in [0.05, 0.1) is 11.4 Å². The molecule has 0 aromatic carbocycles. The van der Waals surface area contributed by atoms with Crippen molar-refractivity contribution in [2.24, 2.45) is 5.92 Å². The minimum absolute atomic E-state index is 0.125. The molecule has 0 aliphatic rings. The topological polar surface area (TPSA) is 127 Å². The van der Waals surface area contributed by atoms with Gasteiger partial charge in [-0.1, -0.05) is 6.92 Å². The van der Waals surface area contributed by atoms with E-state index in [0.29, 0.717) is 32.5 Å². The molecule has 0 aromatic heterocycles. The van der Waals surface area contributed by atoms with Gasteiger partial charge in [0.1, 0.15) is 0 Å². The molecule has 2 atom stereocenters. The van der Waals surface area contributed by atoms with Crippen molar-refractivity contribution in [1.29, 1.82) is 0 Å². The summed E-state index contributed by atoms with van der Waals surface area (Å²) in [6.07, 6.45) is 1.73. The lowest BCUT2D eigenvalue weighted by molar-refractivity contribution is 0.251. The molecule has 0 rings (SSSR count). The summed E-state index contributed by atoms with van der Waals surface area (Å²) in [5.41, 5.74) is 0. The summed E-state index contributed by atoms with van der Waals surface area (Å²) in [7, 11) is -8.06. The van der Waals surface area contributed by atoms with Crippen LogP contribution in [0.2, 0.25) is 0 Å². The molecule has 152 valence electrons. The predicted octanol–water partition coefficient (Wildman–Crippen LogP) is 1.07. The smallest absolute Gasteiger partial charge is 0.324 e. The largest absolute Gasteiger partial charge is 0.325 e.